The number of benzene rings is 2. The van der Waals surface area contributed by atoms with Gasteiger partial charge in [0.1, 0.15) is 5.58 Å². The largest absolute Gasteiger partial charge is 0.463 e. The van der Waals surface area contributed by atoms with E-state index >= 15 is 0 Å². The molecule has 1 aliphatic heterocycles. The minimum absolute atomic E-state index is 0.0628. The third kappa shape index (κ3) is 2.89. The van der Waals surface area contributed by atoms with Crippen LogP contribution in [0.15, 0.2) is 50.6 Å². The van der Waals surface area contributed by atoms with Crippen LogP contribution in [-0.2, 0) is 10.4 Å². The fourth-order valence-corrected chi connectivity index (χ4v) is 4.04. The fourth-order valence-electron chi connectivity index (χ4n) is 3.12. The topological polar surface area (TPSA) is 34.7 Å². The Morgan fingerprint density at radius 2 is 1.79 bits per heavy atom. The smallest absolute Gasteiger partial charge is 0.435 e. The van der Waals surface area contributed by atoms with Crippen LogP contribution >= 0.6 is 39.1 Å². The Hall–Kier alpha value is -1.77. The second-order valence-corrected chi connectivity index (χ2v) is 7.81. The zero-order valence-corrected chi connectivity index (χ0v) is 16.7. The number of hydrogen-bond donors (Lipinski definition) is 0. The molecule has 0 amide bonds. The van der Waals surface area contributed by atoms with Crippen LogP contribution in [-0.4, -0.2) is 11.9 Å². The molecule has 2 heterocycles. The maximum atomic E-state index is 14.1. The van der Waals surface area contributed by atoms with Gasteiger partial charge in [-0.3, -0.25) is 0 Å². The van der Waals surface area contributed by atoms with Crippen LogP contribution < -0.4 is 0 Å². The quantitative estimate of drug-likeness (QED) is 0.277. The van der Waals surface area contributed by atoms with Crippen molar-refractivity contribution in [1.82, 2.24) is 0 Å². The number of fused-ring (bicyclic) bond motifs is 1. The lowest BCUT2D eigenvalue weighted by Crippen LogP contribution is -2.42. The monoisotopic (exact) mass is 495 g/mol. The second-order valence-electron chi connectivity index (χ2n) is 6.14. The molecule has 3 aromatic rings. The van der Waals surface area contributed by atoms with Gasteiger partial charge in [-0.1, -0.05) is 34.4 Å². The highest BCUT2D eigenvalue weighted by Gasteiger charge is 2.62. The second kappa shape index (κ2) is 6.64. The van der Waals surface area contributed by atoms with Crippen molar-refractivity contribution in [2.45, 2.75) is 18.2 Å². The average molecular weight is 497 g/mol. The van der Waals surface area contributed by atoms with Crippen molar-refractivity contribution in [1.29, 1.82) is 0 Å². The minimum atomic E-state index is -4.87. The number of hydrogen-bond acceptors (Lipinski definition) is 3. The predicted molar refractivity (Wildman–Crippen MR) is 100 cm³/mol. The number of alkyl halides is 3. The molecule has 146 valence electrons. The summed E-state index contributed by atoms with van der Waals surface area (Å²) in [5.74, 6) is -1.00. The predicted octanol–water partition coefficient (Wildman–Crippen LogP) is 7.22. The van der Waals surface area contributed by atoms with Gasteiger partial charge in [-0.2, -0.15) is 13.2 Å². The molecule has 0 saturated heterocycles. The van der Waals surface area contributed by atoms with E-state index in [1.807, 2.05) is 0 Å². The van der Waals surface area contributed by atoms with Gasteiger partial charge in [-0.15, -0.1) is 0 Å². The van der Waals surface area contributed by atoms with Crippen molar-refractivity contribution in [3.05, 3.63) is 68.1 Å². The lowest BCUT2D eigenvalue weighted by atomic mass is 9.86. The lowest BCUT2D eigenvalue weighted by molar-refractivity contribution is -0.275. The SMILES string of the molecule is Fc1c(Cl)cc(C2(C(F)(F)F)CC(c3ccc(Br)c4occc34)=NO2)cc1Cl. The summed E-state index contributed by atoms with van der Waals surface area (Å²) in [6.07, 6.45) is -4.09. The first-order valence-electron chi connectivity index (χ1n) is 7.77. The lowest BCUT2D eigenvalue weighted by Gasteiger charge is -2.29. The van der Waals surface area contributed by atoms with Crippen molar-refractivity contribution in [3.63, 3.8) is 0 Å². The molecular weight excluding hydrogens is 489 g/mol. The Kier molecular flexibility index (Phi) is 4.63. The van der Waals surface area contributed by atoms with Crippen LogP contribution in [0.5, 0.6) is 0 Å². The molecule has 0 saturated carbocycles. The van der Waals surface area contributed by atoms with Crippen LogP contribution in [0.3, 0.4) is 0 Å². The summed E-state index contributed by atoms with van der Waals surface area (Å²) in [6, 6.07) is 6.58. The van der Waals surface area contributed by atoms with Gasteiger partial charge in [0.15, 0.2) is 5.82 Å². The van der Waals surface area contributed by atoms with E-state index in [2.05, 4.69) is 21.1 Å². The molecular formula is C18H8BrCl2F4NO2. The van der Waals surface area contributed by atoms with Crippen LogP contribution in [0, 0.1) is 5.82 Å². The molecule has 0 bridgehead atoms. The summed E-state index contributed by atoms with van der Waals surface area (Å²) in [4.78, 5) is 4.94. The van der Waals surface area contributed by atoms with Crippen LogP contribution in [0.25, 0.3) is 11.0 Å². The molecule has 0 N–H and O–H groups in total. The zero-order chi connectivity index (χ0) is 20.3. The molecule has 0 radical (unpaired) electrons. The van der Waals surface area contributed by atoms with Crippen LogP contribution in [0.1, 0.15) is 17.5 Å². The highest BCUT2D eigenvalue weighted by molar-refractivity contribution is 9.10. The van der Waals surface area contributed by atoms with E-state index in [1.165, 1.54) is 6.26 Å². The molecule has 1 unspecified atom stereocenters. The molecule has 3 nitrogen and oxygen atoms in total. The van der Waals surface area contributed by atoms with E-state index in [1.54, 1.807) is 18.2 Å². The number of furan rings is 1. The molecule has 2 aromatic carbocycles. The number of nitrogens with zero attached hydrogens (tertiary/aromatic N) is 1. The molecule has 1 aliphatic rings. The van der Waals surface area contributed by atoms with Gasteiger partial charge in [-0.25, -0.2) is 4.39 Å². The van der Waals surface area contributed by atoms with Crippen molar-refractivity contribution in [2.75, 3.05) is 0 Å². The van der Waals surface area contributed by atoms with Crippen molar-refractivity contribution < 1.29 is 26.8 Å². The van der Waals surface area contributed by atoms with Gasteiger partial charge < -0.3 is 9.25 Å². The van der Waals surface area contributed by atoms with Crippen molar-refractivity contribution >= 4 is 55.8 Å². The van der Waals surface area contributed by atoms with Crippen LogP contribution in [0.4, 0.5) is 17.6 Å². The number of halogens is 7. The molecule has 1 aromatic heterocycles. The zero-order valence-electron chi connectivity index (χ0n) is 13.6. The van der Waals surface area contributed by atoms with E-state index in [9.17, 15) is 17.6 Å². The summed E-state index contributed by atoms with van der Waals surface area (Å²) >= 11 is 14.7. The first-order valence-corrected chi connectivity index (χ1v) is 9.32. The summed E-state index contributed by atoms with van der Waals surface area (Å²) in [7, 11) is 0. The van der Waals surface area contributed by atoms with Crippen LogP contribution in [0.2, 0.25) is 10.0 Å². The Morgan fingerprint density at radius 1 is 1.11 bits per heavy atom. The summed E-state index contributed by atoms with van der Waals surface area (Å²) in [5, 5.41) is 3.20. The molecule has 28 heavy (non-hydrogen) atoms. The van der Waals surface area contributed by atoms with E-state index in [0.717, 1.165) is 12.1 Å². The van der Waals surface area contributed by atoms with E-state index in [-0.39, 0.29) is 5.71 Å². The maximum Gasteiger partial charge on any atom is 0.435 e. The molecule has 1 atom stereocenters. The fraction of sp³-hybridized carbons (Fsp3) is 0.167. The van der Waals surface area contributed by atoms with Gasteiger partial charge in [0.2, 0.25) is 0 Å². The molecule has 0 aliphatic carbocycles. The number of oxime groups is 1. The van der Waals surface area contributed by atoms with Gasteiger partial charge in [-0.05, 0) is 40.2 Å². The van der Waals surface area contributed by atoms with Gasteiger partial charge >= 0.3 is 6.18 Å². The minimum Gasteiger partial charge on any atom is -0.463 e. The summed E-state index contributed by atoms with van der Waals surface area (Å²) < 4.78 is 61.9. The van der Waals surface area contributed by atoms with E-state index in [4.69, 9.17) is 32.5 Å². The summed E-state index contributed by atoms with van der Waals surface area (Å²) in [6.45, 7) is 0. The van der Waals surface area contributed by atoms with Crippen molar-refractivity contribution in [2.24, 2.45) is 5.16 Å². The molecule has 4 rings (SSSR count). The van der Waals surface area contributed by atoms with Gasteiger partial charge in [0.05, 0.1) is 26.5 Å². The molecule has 10 heteroatoms. The normalized spacial score (nSPS) is 19.8. The Bertz CT molecular complexity index is 1110. The Morgan fingerprint density at radius 3 is 2.43 bits per heavy atom. The highest BCUT2D eigenvalue weighted by Crippen LogP contribution is 2.50. The first kappa shape index (κ1) is 19.5. The molecule has 0 spiro atoms. The third-order valence-electron chi connectivity index (χ3n) is 4.52. The first-order chi connectivity index (χ1) is 13.1. The van der Waals surface area contributed by atoms with Gasteiger partial charge in [0.25, 0.3) is 5.60 Å². The van der Waals surface area contributed by atoms with Gasteiger partial charge in [0, 0.05) is 22.9 Å². The number of rotatable bonds is 2. The van der Waals surface area contributed by atoms with E-state index < -0.39 is 39.6 Å². The maximum absolute atomic E-state index is 14.1. The summed E-state index contributed by atoms with van der Waals surface area (Å²) in [5.41, 5.74) is -2.31. The average Bonchev–Trinajstić information content (AvgIpc) is 3.27. The van der Waals surface area contributed by atoms with Crippen molar-refractivity contribution in [3.8, 4) is 0 Å². The standard InChI is InChI=1S/C18H8BrCl2F4NO2/c19-11-2-1-9(10-3-4-27-16(10)11)14-7-17(28-26-14,18(23,24)25)8-5-12(20)15(22)13(21)6-8/h1-6H,7H2. The third-order valence-corrected chi connectivity index (χ3v) is 5.69. The highest BCUT2D eigenvalue weighted by atomic mass is 79.9. The van der Waals surface area contributed by atoms with E-state index in [0.29, 0.717) is 21.0 Å². The Balaban J connectivity index is 1.83. The molecule has 0 fully saturated rings. The Labute approximate surface area is 174 Å².